The zero-order chi connectivity index (χ0) is 22.3. The Kier molecular flexibility index (Phi) is 6.16. The molecular formula is C15H11F11O2. The minimum Gasteiger partial charge on any atom is -0.388 e. The highest BCUT2D eigenvalue weighted by molar-refractivity contribution is 5.94. The van der Waals surface area contributed by atoms with Crippen molar-refractivity contribution in [2.24, 2.45) is 0 Å². The van der Waals surface area contributed by atoms with Crippen LogP contribution in [-0.2, 0) is 0 Å². The summed E-state index contributed by atoms with van der Waals surface area (Å²) < 4.78 is 142. The topological polar surface area (TPSA) is 37.3 Å². The van der Waals surface area contributed by atoms with E-state index in [9.17, 15) is 58.2 Å². The van der Waals surface area contributed by atoms with Gasteiger partial charge in [-0.3, -0.25) is 4.79 Å². The van der Waals surface area contributed by atoms with Crippen LogP contribution in [0.25, 0.3) is 0 Å². The van der Waals surface area contributed by atoms with Crippen LogP contribution in [-0.4, -0.2) is 40.8 Å². The second kappa shape index (κ2) is 7.16. The maximum Gasteiger partial charge on any atom is 0.460 e. The number of benzene rings is 1. The Balaban J connectivity index is 3.26. The predicted molar refractivity (Wildman–Crippen MR) is 71.9 cm³/mol. The summed E-state index contributed by atoms with van der Waals surface area (Å²) in [7, 11) is 0. The molecular weight excluding hydrogens is 421 g/mol. The van der Waals surface area contributed by atoms with Gasteiger partial charge in [0.25, 0.3) is 0 Å². The van der Waals surface area contributed by atoms with Gasteiger partial charge in [-0.1, -0.05) is 18.2 Å². The van der Waals surface area contributed by atoms with Crippen LogP contribution in [0.4, 0.5) is 48.3 Å². The molecule has 1 rings (SSSR count). The molecule has 1 unspecified atom stereocenters. The molecule has 0 aliphatic carbocycles. The third kappa shape index (κ3) is 3.94. The molecule has 0 saturated carbocycles. The minimum atomic E-state index is -7.53. The third-order valence-corrected chi connectivity index (χ3v) is 3.73. The number of carbonyl (C=O) groups excluding carboxylic acids is 1. The molecule has 0 bridgehead atoms. The summed E-state index contributed by atoms with van der Waals surface area (Å²) in [5, 5.41) is 9.57. The van der Waals surface area contributed by atoms with E-state index in [1.807, 2.05) is 0 Å². The van der Waals surface area contributed by atoms with E-state index in [1.54, 1.807) is 0 Å². The van der Waals surface area contributed by atoms with E-state index in [-0.39, 0.29) is 5.56 Å². The number of alkyl halides is 11. The van der Waals surface area contributed by atoms with E-state index in [0.717, 1.165) is 31.2 Å². The van der Waals surface area contributed by atoms with Crippen LogP contribution in [0.2, 0.25) is 0 Å². The van der Waals surface area contributed by atoms with E-state index in [2.05, 4.69) is 0 Å². The van der Waals surface area contributed by atoms with Crippen molar-refractivity contribution in [3.63, 3.8) is 0 Å². The van der Waals surface area contributed by atoms with Gasteiger partial charge in [-0.25, -0.2) is 0 Å². The van der Waals surface area contributed by atoms with Crippen molar-refractivity contribution >= 4 is 5.78 Å². The Morgan fingerprint density at radius 3 is 1.82 bits per heavy atom. The molecule has 1 atom stereocenters. The van der Waals surface area contributed by atoms with Gasteiger partial charge >= 0.3 is 29.9 Å². The van der Waals surface area contributed by atoms with Gasteiger partial charge in [0.1, 0.15) is 0 Å². The number of rotatable bonds is 7. The number of Topliss-reactive ketones (excluding diaryl/α,β-unsaturated/α-hetero) is 1. The van der Waals surface area contributed by atoms with Gasteiger partial charge in [-0.05, 0) is 18.6 Å². The molecule has 0 amide bonds. The quantitative estimate of drug-likeness (QED) is 0.462. The zero-order valence-electron chi connectivity index (χ0n) is 13.6. The molecule has 28 heavy (non-hydrogen) atoms. The van der Waals surface area contributed by atoms with Gasteiger partial charge in [-0.2, -0.15) is 48.3 Å². The lowest BCUT2D eigenvalue weighted by Gasteiger charge is -2.37. The first-order chi connectivity index (χ1) is 12.3. The highest BCUT2D eigenvalue weighted by atomic mass is 19.4. The maximum absolute atomic E-state index is 13.7. The molecule has 13 heteroatoms. The van der Waals surface area contributed by atoms with Crippen molar-refractivity contribution in [1.82, 2.24) is 0 Å². The predicted octanol–water partition coefficient (Wildman–Crippen LogP) is 5.42. The summed E-state index contributed by atoms with van der Waals surface area (Å²) in [6.45, 7) is 1.01. The first kappa shape index (κ1) is 24.1. The molecule has 1 aromatic rings. The molecule has 0 heterocycles. The van der Waals surface area contributed by atoms with Crippen LogP contribution in [0.5, 0.6) is 0 Å². The second-order valence-corrected chi connectivity index (χ2v) is 5.83. The van der Waals surface area contributed by atoms with E-state index in [0.29, 0.717) is 0 Å². The van der Waals surface area contributed by atoms with Crippen LogP contribution < -0.4 is 0 Å². The summed E-state index contributed by atoms with van der Waals surface area (Å²) in [5.41, 5.74) is -0.838. The number of ketones is 1. The monoisotopic (exact) mass is 432 g/mol. The average Bonchev–Trinajstić information content (AvgIpc) is 2.52. The summed E-state index contributed by atoms with van der Waals surface area (Å²) in [5.74, 6) is -29.0. The van der Waals surface area contributed by atoms with Crippen molar-refractivity contribution in [2.45, 2.75) is 49.3 Å². The Labute approximate surface area is 149 Å². The molecule has 0 saturated heterocycles. The Morgan fingerprint density at radius 1 is 0.893 bits per heavy atom. The number of aliphatic hydroxyl groups excluding tert-OH is 1. The summed E-state index contributed by atoms with van der Waals surface area (Å²) in [4.78, 5) is 11.2. The Hall–Kier alpha value is -1.92. The fourth-order valence-corrected chi connectivity index (χ4v) is 2.06. The van der Waals surface area contributed by atoms with Crippen LogP contribution in [0.3, 0.4) is 0 Å². The zero-order valence-corrected chi connectivity index (χ0v) is 13.6. The molecule has 0 spiro atoms. The van der Waals surface area contributed by atoms with Crippen molar-refractivity contribution < 1.29 is 58.2 Å². The van der Waals surface area contributed by atoms with Crippen molar-refractivity contribution in [1.29, 1.82) is 0 Å². The summed E-state index contributed by atoms with van der Waals surface area (Å²) >= 11 is 0. The van der Waals surface area contributed by atoms with Gasteiger partial charge in [0.05, 0.1) is 6.10 Å². The van der Waals surface area contributed by atoms with Crippen molar-refractivity contribution in [2.75, 3.05) is 0 Å². The number of halogens is 11. The Morgan fingerprint density at radius 2 is 1.39 bits per heavy atom. The molecule has 0 aliphatic heterocycles. The standard InChI is InChI=1S/C15H11F11O2/c1-7(27)8-3-2-4-9(5-8)10(28)6-11(16,17)12(18,19)13(20,21)14(22,23)15(24,25)26/h2-5,10,28H,6H2,1H3. The average molecular weight is 432 g/mol. The molecule has 0 aromatic heterocycles. The number of hydrogen-bond donors (Lipinski definition) is 1. The highest BCUT2D eigenvalue weighted by Gasteiger charge is 2.87. The second-order valence-electron chi connectivity index (χ2n) is 5.83. The maximum atomic E-state index is 13.7. The fourth-order valence-electron chi connectivity index (χ4n) is 2.06. The van der Waals surface area contributed by atoms with Crippen molar-refractivity contribution in [3.8, 4) is 0 Å². The van der Waals surface area contributed by atoms with E-state index >= 15 is 0 Å². The number of carbonyl (C=O) groups is 1. The van der Waals surface area contributed by atoms with Gasteiger partial charge in [0, 0.05) is 12.0 Å². The minimum absolute atomic E-state index is 0.194. The lowest BCUT2D eigenvalue weighted by atomic mass is 9.92. The lowest BCUT2D eigenvalue weighted by Crippen LogP contribution is -2.66. The summed E-state index contributed by atoms with van der Waals surface area (Å²) in [6.07, 6.45) is -12.6. The fraction of sp³-hybridized carbons (Fsp3) is 0.533. The number of hydrogen-bond acceptors (Lipinski definition) is 2. The van der Waals surface area contributed by atoms with Gasteiger partial charge < -0.3 is 5.11 Å². The molecule has 1 N–H and O–H groups in total. The smallest absolute Gasteiger partial charge is 0.388 e. The van der Waals surface area contributed by atoms with E-state index in [4.69, 9.17) is 0 Å². The van der Waals surface area contributed by atoms with Crippen LogP contribution >= 0.6 is 0 Å². The third-order valence-electron chi connectivity index (χ3n) is 3.73. The highest BCUT2D eigenvalue weighted by Crippen LogP contribution is 2.58. The van der Waals surface area contributed by atoms with Gasteiger partial charge in [0.15, 0.2) is 5.78 Å². The van der Waals surface area contributed by atoms with Gasteiger partial charge in [0.2, 0.25) is 0 Å². The van der Waals surface area contributed by atoms with Crippen LogP contribution in [0, 0.1) is 0 Å². The molecule has 1 aromatic carbocycles. The molecule has 0 fully saturated rings. The molecule has 2 nitrogen and oxygen atoms in total. The first-order valence-electron chi connectivity index (χ1n) is 7.16. The SMILES string of the molecule is CC(=O)c1cccc(C(O)CC(F)(F)C(F)(F)C(F)(F)C(F)(F)C(F)(F)F)c1. The number of aliphatic hydroxyl groups is 1. The van der Waals surface area contributed by atoms with Crippen LogP contribution in [0.1, 0.15) is 35.4 Å². The lowest BCUT2D eigenvalue weighted by molar-refractivity contribution is -0.423. The normalized spacial score (nSPS) is 15.5. The molecule has 160 valence electrons. The largest absolute Gasteiger partial charge is 0.460 e. The molecule has 0 aliphatic rings. The summed E-state index contributed by atoms with van der Waals surface area (Å²) in [6, 6.07) is 3.71. The van der Waals surface area contributed by atoms with E-state index in [1.165, 1.54) is 0 Å². The first-order valence-corrected chi connectivity index (χ1v) is 7.16. The van der Waals surface area contributed by atoms with Gasteiger partial charge in [-0.15, -0.1) is 0 Å². The van der Waals surface area contributed by atoms with Crippen molar-refractivity contribution in [3.05, 3.63) is 35.4 Å². The van der Waals surface area contributed by atoms with Crippen LogP contribution in [0.15, 0.2) is 24.3 Å². The molecule has 0 radical (unpaired) electrons. The van der Waals surface area contributed by atoms with E-state index < -0.39 is 53.7 Å². The Bertz CT molecular complexity index is 725.